The lowest BCUT2D eigenvalue weighted by atomic mass is 9.98. The Hall–Kier alpha value is -2.63. The van der Waals surface area contributed by atoms with Crippen molar-refractivity contribution in [3.8, 4) is 5.75 Å². The highest BCUT2D eigenvalue weighted by molar-refractivity contribution is 7.18. The van der Waals surface area contributed by atoms with Crippen LogP contribution in [-0.2, 0) is 4.79 Å². The molecule has 0 radical (unpaired) electrons. The quantitative estimate of drug-likeness (QED) is 0.511. The Morgan fingerprint density at radius 1 is 0.964 bits per heavy atom. The molecule has 1 unspecified atom stereocenters. The van der Waals surface area contributed by atoms with Gasteiger partial charge >= 0.3 is 0 Å². The highest BCUT2D eigenvalue weighted by atomic mass is 35.5. The first-order valence-electron chi connectivity index (χ1n) is 8.83. The number of hydrogen-bond donors (Lipinski definition) is 1. The lowest BCUT2D eigenvalue weighted by Crippen LogP contribution is -2.29. The van der Waals surface area contributed by atoms with Crippen molar-refractivity contribution in [2.45, 2.75) is 18.9 Å². The molecule has 6 heteroatoms. The third-order valence-corrected chi connectivity index (χ3v) is 5.59. The van der Waals surface area contributed by atoms with Gasteiger partial charge in [-0.25, -0.2) is 0 Å². The molecule has 4 nitrogen and oxygen atoms in total. The highest BCUT2D eigenvalue weighted by Crippen LogP contribution is 2.25. The molecule has 0 aliphatic heterocycles. The molecule has 0 saturated heterocycles. The summed E-state index contributed by atoms with van der Waals surface area (Å²) in [4.78, 5) is 25.3. The van der Waals surface area contributed by atoms with Crippen molar-refractivity contribution in [2.75, 3.05) is 7.11 Å². The summed E-state index contributed by atoms with van der Waals surface area (Å²) in [6.45, 7) is 0. The van der Waals surface area contributed by atoms with E-state index in [1.54, 1.807) is 19.2 Å². The molecule has 0 bridgehead atoms. The molecule has 1 amide bonds. The number of methoxy groups -OCH3 is 1. The van der Waals surface area contributed by atoms with E-state index in [-0.39, 0.29) is 30.6 Å². The van der Waals surface area contributed by atoms with Gasteiger partial charge in [-0.15, -0.1) is 11.3 Å². The summed E-state index contributed by atoms with van der Waals surface area (Å²) < 4.78 is 5.78. The number of carbonyl (C=O) groups is 2. The molecule has 0 aliphatic rings. The molecule has 144 valence electrons. The van der Waals surface area contributed by atoms with E-state index in [2.05, 4.69) is 5.32 Å². The molecule has 1 N–H and O–H groups in total. The topological polar surface area (TPSA) is 55.4 Å². The van der Waals surface area contributed by atoms with E-state index < -0.39 is 0 Å². The summed E-state index contributed by atoms with van der Waals surface area (Å²) in [6, 6.07) is 20.4. The zero-order chi connectivity index (χ0) is 19.9. The van der Waals surface area contributed by atoms with Crippen LogP contribution in [0.2, 0.25) is 4.34 Å². The van der Waals surface area contributed by atoms with Crippen molar-refractivity contribution in [1.29, 1.82) is 0 Å². The minimum Gasteiger partial charge on any atom is -0.497 e. The second kappa shape index (κ2) is 9.53. The third-order valence-electron chi connectivity index (χ3n) is 4.31. The molecule has 0 spiro atoms. The maximum atomic E-state index is 12.6. The molecule has 0 aliphatic carbocycles. The Balaban J connectivity index is 1.70. The molecule has 0 fully saturated rings. The van der Waals surface area contributed by atoms with E-state index in [4.69, 9.17) is 16.3 Å². The number of ketones is 1. The Morgan fingerprint density at radius 2 is 1.64 bits per heavy atom. The van der Waals surface area contributed by atoms with Crippen LogP contribution in [0, 0.1) is 0 Å². The summed E-state index contributed by atoms with van der Waals surface area (Å²) in [7, 11) is 1.61. The van der Waals surface area contributed by atoms with Gasteiger partial charge in [0.05, 0.1) is 22.4 Å². The van der Waals surface area contributed by atoms with Crippen LogP contribution < -0.4 is 10.1 Å². The number of ether oxygens (including phenoxy) is 1. The number of thiophene rings is 1. The average Bonchev–Trinajstić information content (AvgIpc) is 3.17. The Kier molecular flexibility index (Phi) is 6.85. The molecule has 1 aromatic heterocycles. The minimum atomic E-state index is -0.300. The van der Waals surface area contributed by atoms with E-state index in [1.165, 1.54) is 11.3 Å². The van der Waals surface area contributed by atoms with Crippen molar-refractivity contribution in [2.24, 2.45) is 0 Å². The van der Waals surface area contributed by atoms with Gasteiger partial charge in [0.25, 0.3) is 0 Å². The summed E-state index contributed by atoms with van der Waals surface area (Å²) in [6.07, 6.45) is 0.265. The number of rotatable bonds is 8. The van der Waals surface area contributed by atoms with E-state index in [0.29, 0.717) is 9.21 Å². The molecule has 3 aromatic rings. The molecule has 28 heavy (non-hydrogen) atoms. The molecule has 2 aromatic carbocycles. The number of hydrogen-bond acceptors (Lipinski definition) is 4. The second-order valence-electron chi connectivity index (χ2n) is 6.21. The van der Waals surface area contributed by atoms with E-state index in [0.717, 1.165) is 16.9 Å². The maximum absolute atomic E-state index is 12.6. The second-order valence-corrected chi connectivity index (χ2v) is 7.93. The summed E-state index contributed by atoms with van der Waals surface area (Å²) in [5.41, 5.74) is 1.91. The van der Waals surface area contributed by atoms with Gasteiger partial charge in [-0.1, -0.05) is 54.1 Å². The number of halogens is 1. The predicted octanol–water partition coefficient (Wildman–Crippen LogP) is 5.28. The first-order chi connectivity index (χ1) is 13.6. The summed E-state index contributed by atoms with van der Waals surface area (Å²) >= 11 is 7.10. The molecule has 1 heterocycles. The summed E-state index contributed by atoms with van der Waals surface area (Å²) in [5, 5.41) is 3.04. The van der Waals surface area contributed by atoms with Crippen LogP contribution in [0.4, 0.5) is 0 Å². The average molecular weight is 414 g/mol. The van der Waals surface area contributed by atoms with Crippen LogP contribution in [-0.4, -0.2) is 18.8 Å². The minimum absolute atomic E-state index is 0.0761. The molecule has 1 atom stereocenters. The van der Waals surface area contributed by atoms with Crippen LogP contribution in [0.5, 0.6) is 5.75 Å². The van der Waals surface area contributed by atoms with Gasteiger partial charge in [0, 0.05) is 12.8 Å². The molecular formula is C22H20ClNO3S. The van der Waals surface area contributed by atoms with Crippen molar-refractivity contribution in [3.05, 3.63) is 87.1 Å². The van der Waals surface area contributed by atoms with Crippen molar-refractivity contribution < 1.29 is 14.3 Å². The zero-order valence-corrected chi connectivity index (χ0v) is 16.9. The van der Waals surface area contributed by atoms with Crippen LogP contribution in [0.25, 0.3) is 0 Å². The highest BCUT2D eigenvalue weighted by Gasteiger charge is 2.18. The van der Waals surface area contributed by atoms with Gasteiger partial charge in [0.1, 0.15) is 5.75 Å². The van der Waals surface area contributed by atoms with Gasteiger partial charge < -0.3 is 10.1 Å². The fraction of sp³-hybridized carbons (Fsp3) is 0.182. The van der Waals surface area contributed by atoms with E-state index in [1.807, 2.05) is 54.6 Å². The molecular weight excluding hydrogens is 394 g/mol. The molecule has 0 saturated carbocycles. The number of nitrogens with one attached hydrogen (secondary N) is 1. The van der Waals surface area contributed by atoms with Gasteiger partial charge in [-0.2, -0.15) is 0 Å². The number of amides is 1. The number of benzene rings is 2. The van der Waals surface area contributed by atoms with Gasteiger partial charge in [-0.05, 0) is 35.4 Å². The fourth-order valence-electron chi connectivity index (χ4n) is 2.85. The number of Topliss-reactive ketones (excluding diaryl/α,β-unsaturated/α-hetero) is 1. The van der Waals surface area contributed by atoms with Gasteiger partial charge in [0.2, 0.25) is 5.91 Å². The predicted molar refractivity (Wildman–Crippen MR) is 112 cm³/mol. The number of carbonyl (C=O) groups excluding carboxylic acids is 2. The Morgan fingerprint density at radius 3 is 2.25 bits per heavy atom. The van der Waals surface area contributed by atoms with Gasteiger partial charge in [-0.3, -0.25) is 9.59 Å². The Labute approximate surface area is 173 Å². The smallest absolute Gasteiger partial charge is 0.221 e. The van der Waals surface area contributed by atoms with Crippen molar-refractivity contribution in [3.63, 3.8) is 0 Å². The third kappa shape index (κ3) is 5.21. The van der Waals surface area contributed by atoms with Crippen LogP contribution >= 0.6 is 22.9 Å². The normalized spacial score (nSPS) is 11.6. The Bertz CT molecular complexity index is 938. The van der Waals surface area contributed by atoms with E-state index in [9.17, 15) is 9.59 Å². The van der Waals surface area contributed by atoms with Crippen molar-refractivity contribution >= 4 is 34.6 Å². The fourth-order valence-corrected chi connectivity index (χ4v) is 3.86. The van der Waals surface area contributed by atoms with Crippen LogP contribution in [0.1, 0.15) is 39.7 Å². The first-order valence-corrected chi connectivity index (χ1v) is 10.0. The van der Waals surface area contributed by atoms with Crippen LogP contribution in [0.15, 0.2) is 66.7 Å². The standard InChI is InChI=1S/C22H20ClNO3S/c1-27-17-9-7-16(8-10-17)22(15-5-3-2-4-6-15)24-21(26)14-11-18(25)19-12-13-20(23)28-19/h2-10,12-13,22H,11,14H2,1H3,(H,24,26). The summed E-state index contributed by atoms with van der Waals surface area (Å²) in [5.74, 6) is 0.496. The van der Waals surface area contributed by atoms with Gasteiger partial charge in [0.15, 0.2) is 5.78 Å². The monoisotopic (exact) mass is 413 g/mol. The maximum Gasteiger partial charge on any atom is 0.221 e. The van der Waals surface area contributed by atoms with Crippen molar-refractivity contribution in [1.82, 2.24) is 5.32 Å². The lowest BCUT2D eigenvalue weighted by Gasteiger charge is -2.20. The lowest BCUT2D eigenvalue weighted by molar-refractivity contribution is -0.121. The molecule has 3 rings (SSSR count). The van der Waals surface area contributed by atoms with E-state index >= 15 is 0 Å². The zero-order valence-electron chi connectivity index (χ0n) is 15.4. The largest absolute Gasteiger partial charge is 0.497 e. The SMILES string of the molecule is COc1ccc(C(NC(=O)CCC(=O)c2ccc(Cl)s2)c2ccccc2)cc1. The first kappa shape index (κ1) is 20.1. The van der Waals surface area contributed by atoms with Crippen LogP contribution in [0.3, 0.4) is 0 Å².